The zero-order valence-electron chi connectivity index (χ0n) is 12.7. The van der Waals surface area contributed by atoms with E-state index in [1.165, 1.54) is 11.3 Å². The van der Waals surface area contributed by atoms with Gasteiger partial charge in [0.15, 0.2) is 0 Å². The summed E-state index contributed by atoms with van der Waals surface area (Å²) in [5.41, 5.74) is 1.68. The number of H-pyrrole nitrogens is 1. The maximum Gasteiger partial charge on any atom is 0.262 e. The lowest BCUT2D eigenvalue weighted by atomic mass is 10.3. The maximum atomic E-state index is 12.5. The number of ether oxygens (including phenoxy) is 1. The Bertz CT molecular complexity index is 1080. The standard InChI is InChI=1S/C16H14N4O2S/c1-9-5-11-15(23-9)17-8-20(16(11)21)7-14-18-12-4-3-10(22-2)6-13(12)19-14/h3-6,8H,7H2,1-2H3,(H,18,19). The number of aromatic amines is 1. The van der Waals surface area contributed by atoms with E-state index in [2.05, 4.69) is 15.0 Å². The predicted octanol–water partition coefficient (Wildman–Crippen LogP) is 2.70. The molecule has 3 aromatic heterocycles. The first-order valence-electron chi connectivity index (χ1n) is 7.12. The van der Waals surface area contributed by atoms with Crippen LogP contribution in [0.25, 0.3) is 21.3 Å². The van der Waals surface area contributed by atoms with Crippen molar-refractivity contribution in [2.75, 3.05) is 7.11 Å². The van der Waals surface area contributed by atoms with Crippen molar-refractivity contribution in [3.05, 3.63) is 51.6 Å². The van der Waals surface area contributed by atoms with Crippen molar-refractivity contribution in [1.82, 2.24) is 19.5 Å². The molecule has 0 amide bonds. The van der Waals surface area contributed by atoms with Gasteiger partial charge in [0.05, 0.1) is 36.4 Å². The van der Waals surface area contributed by atoms with Gasteiger partial charge < -0.3 is 9.72 Å². The molecule has 0 unspecified atom stereocenters. The summed E-state index contributed by atoms with van der Waals surface area (Å²) in [6.07, 6.45) is 1.58. The molecule has 0 aliphatic carbocycles. The van der Waals surface area contributed by atoms with Crippen molar-refractivity contribution in [2.45, 2.75) is 13.5 Å². The minimum absolute atomic E-state index is 0.0441. The average Bonchev–Trinajstić information content (AvgIpc) is 3.12. The van der Waals surface area contributed by atoms with Gasteiger partial charge >= 0.3 is 0 Å². The zero-order valence-corrected chi connectivity index (χ0v) is 13.5. The number of aryl methyl sites for hydroxylation is 1. The summed E-state index contributed by atoms with van der Waals surface area (Å²) < 4.78 is 6.78. The van der Waals surface area contributed by atoms with Crippen molar-refractivity contribution >= 4 is 32.6 Å². The number of aromatic nitrogens is 4. The Morgan fingerprint density at radius 3 is 3.04 bits per heavy atom. The predicted molar refractivity (Wildman–Crippen MR) is 90.4 cm³/mol. The molecular weight excluding hydrogens is 312 g/mol. The summed E-state index contributed by atoms with van der Waals surface area (Å²) in [6.45, 7) is 2.33. The molecule has 0 spiro atoms. The molecule has 0 fully saturated rings. The second-order valence-electron chi connectivity index (χ2n) is 5.32. The zero-order chi connectivity index (χ0) is 16.0. The van der Waals surface area contributed by atoms with Crippen LogP contribution in [-0.4, -0.2) is 26.6 Å². The molecule has 4 rings (SSSR count). The fourth-order valence-corrected chi connectivity index (χ4v) is 3.44. The first-order chi connectivity index (χ1) is 11.1. The molecule has 0 atom stereocenters. The number of methoxy groups -OCH3 is 1. The van der Waals surface area contributed by atoms with Crippen molar-refractivity contribution < 1.29 is 4.74 Å². The highest BCUT2D eigenvalue weighted by atomic mass is 32.1. The van der Waals surface area contributed by atoms with E-state index in [-0.39, 0.29) is 5.56 Å². The summed E-state index contributed by atoms with van der Waals surface area (Å²) in [7, 11) is 1.63. The van der Waals surface area contributed by atoms with E-state index < -0.39 is 0 Å². The van der Waals surface area contributed by atoms with Gasteiger partial charge in [-0.25, -0.2) is 9.97 Å². The first-order valence-corrected chi connectivity index (χ1v) is 7.94. The number of hydrogen-bond acceptors (Lipinski definition) is 5. The summed E-state index contributed by atoms with van der Waals surface area (Å²) >= 11 is 1.53. The number of hydrogen-bond donors (Lipinski definition) is 1. The number of nitrogens with one attached hydrogen (secondary N) is 1. The average molecular weight is 326 g/mol. The Labute approximate surface area is 135 Å². The van der Waals surface area contributed by atoms with E-state index >= 15 is 0 Å². The number of benzene rings is 1. The van der Waals surface area contributed by atoms with Crippen LogP contribution >= 0.6 is 11.3 Å². The molecule has 116 valence electrons. The van der Waals surface area contributed by atoms with Gasteiger partial charge in [0.25, 0.3) is 5.56 Å². The minimum Gasteiger partial charge on any atom is -0.497 e. The molecule has 1 N–H and O–H groups in total. The third kappa shape index (κ3) is 2.39. The van der Waals surface area contributed by atoms with Crippen molar-refractivity contribution in [3.8, 4) is 5.75 Å². The van der Waals surface area contributed by atoms with Crippen molar-refractivity contribution in [2.24, 2.45) is 0 Å². The highest BCUT2D eigenvalue weighted by Crippen LogP contribution is 2.20. The smallest absolute Gasteiger partial charge is 0.262 e. The van der Waals surface area contributed by atoms with Gasteiger partial charge in [0.2, 0.25) is 0 Å². The molecule has 0 saturated heterocycles. The topological polar surface area (TPSA) is 72.8 Å². The number of fused-ring (bicyclic) bond motifs is 2. The highest BCUT2D eigenvalue weighted by molar-refractivity contribution is 7.18. The lowest BCUT2D eigenvalue weighted by molar-refractivity contribution is 0.415. The normalized spacial score (nSPS) is 11.4. The molecule has 3 heterocycles. The Balaban J connectivity index is 1.75. The van der Waals surface area contributed by atoms with Crippen LogP contribution in [0.1, 0.15) is 10.7 Å². The Kier molecular flexibility index (Phi) is 3.16. The lowest BCUT2D eigenvalue weighted by Gasteiger charge is -2.02. The van der Waals surface area contributed by atoms with E-state index in [0.29, 0.717) is 17.8 Å². The molecule has 6 nitrogen and oxygen atoms in total. The van der Waals surface area contributed by atoms with Gasteiger partial charge in [-0.05, 0) is 25.1 Å². The van der Waals surface area contributed by atoms with Crippen LogP contribution in [0.4, 0.5) is 0 Å². The van der Waals surface area contributed by atoms with Crippen LogP contribution in [0.5, 0.6) is 5.75 Å². The summed E-state index contributed by atoms with van der Waals surface area (Å²) in [5.74, 6) is 1.48. The Morgan fingerprint density at radius 1 is 1.35 bits per heavy atom. The van der Waals surface area contributed by atoms with Crippen LogP contribution in [0, 0.1) is 6.92 Å². The largest absolute Gasteiger partial charge is 0.497 e. The van der Waals surface area contributed by atoms with Gasteiger partial charge in [-0.2, -0.15) is 0 Å². The molecule has 7 heteroatoms. The van der Waals surface area contributed by atoms with Gasteiger partial charge in [-0.1, -0.05) is 0 Å². The van der Waals surface area contributed by atoms with Crippen LogP contribution in [-0.2, 0) is 6.54 Å². The van der Waals surface area contributed by atoms with Crippen LogP contribution < -0.4 is 10.3 Å². The van der Waals surface area contributed by atoms with Gasteiger partial charge in [0, 0.05) is 10.9 Å². The molecule has 23 heavy (non-hydrogen) atoms. The monoisotopic (exact) mass is 326 g/mol. The number of rotatable bonds is 3. The van der Waals surface area contributed by atoms with E-state index in [0.717, 1.165) is 26.5 Å². The van der Waals surface area contributed by atoms with Crippen molar-refractivity contribution in [3.63, 3.8) is 0 Å². The first kappa shape index (κ1) is 14.0. The molecule has 1 aromatic carbocycles. The minimum atomic E-state index is -0.0441. The second-order valence-corrected chi connectivity index (χ2v) is 6.55. The van der Waals surface area contributed by atoms with Crippen LogP contribution in [0.15, 0.2) is 35.4 Å². The van der Waals surface area contributed by atoms with E-state index in [1.807, 2.05) is 31.2 Å². The Hall–Kier alpha value is -2.67. The molecular formula is C16H14N4O2S. The summed E-state index contributed by atoms with van der Waals surface area (Å²) in [5, 5.41) is 0.660. The molecule has 0 bridgehead atoms. The maximum absolute atomic E-state index is 12.5. The van der Waals surface area contributed by atoms with Gasteiger partial charge in [0.1, 0.15) is 16.4 Å². The van der Waals surface area contributed by atoms with Gasteiger partial charge in [-0.3, -0.25) is 9.36 Å². The third-order valence-electron chi connectivity index (χ3n) is 3.70. The molecule has 0 aliphatic heterocycles. The Morgan fingerprint density at radius 2 is 2.22 bits per heavy atom. The third-order valence-corrected chi connectivity index (χ3v) is 4.66. The van der Waals surface area contributed by atoms with E-state index in [1.54, 1.807) is 18.0 Å². The lowest BCUT2D eigenvalue weighted by Crippen LogP contribution is -2.21. The summed E-state index contributed by atoms with van der Waals surface area (Å²) in [6, 6.07) is 7.52. The fraction of sp³-hybridized carbons (Fsp3) is 0.188. The van der Waals surface area contributed by atoms with E-state index in [9.17, 15) is 4.79 Å². The second kappa shape index (κ2) is 5.20. The number of thiophene rings is 1. The molecule has 0 radical (unpaired) electrons. The number of nitrogens with zero attached hydrogens (tertiary/aromatic N) is 3. The van der Waals surface area contributed by atoms with Crippen LogP contribution in [0.3, 0.4) is 0 Å². The fourth-order valence-electron chi connectivity index (χ4n) is 2.60. The van der Waals surface area contributed by atoms with E-state index in [4.69, 9.17) is 4.74 Å². The highest BCUT2D eigenvalue weighted by Gasteiger charge is 2.10. The molecule has 0 aliphatic rings. The molecule has 4 aromatic rings. The quantitative estimate of drug-likeness (QED) is 0.628. The van der Waals surface area contributed by atoms with Gasteiger partial charge in [-0.15, -0.1) is 11.3 Å². The number of imidazole rings is 1. The molecule has 0 saturated carbocycles. The van der Waals surface area contributed by atoms with Crippen molar-refractivity contribution in [1.29, 1.82) is 0 Å². The summed E-state index contributed by atoms with van der Waals surface area (Å²) in [4.78, 5) is 26.5. The van der Waals surface area contributed by atoms with Crippen LogP contribution in [0.2, 0.25) is 0 Å². The SMILES string of the molecule is COc1ccc2nc(Cn3cnc4sc(C)cc4c3=O)[nH]c2c1.